The van der Waals surface area contributed by atoms with Crippen LogP contribution in [-0.2, 0) is 28.5 Å². The third-order valence-electron chi connectivity index (χ3n) is 2.25. The van der Waals surface area contributed by atoms with E-state index in [1.807, 2.05) is 0 Å². The van der Waals surface area contributed by atoms with Crippen molar-refractivity contribution in [2.75, 3.05) is 59.4 Å². The van der Waals surface area contributed by atoms with E-state index in [0.717, 1.165) is 0 Å². The predicted octanol–water partition coefficient (Wildman–Crippen LogP) is 1.34. The van der Waals surface area contributed by atoms with E-state index in [1.165, 1.54) is 0 Å². The Hall–Kier alpha value is -0.930. The molecule has 0 bridgehead atoms. The second-order valence-corrected chi connectivity index (χ2v) is 6.10. The van der Waals surface area contributed by atoms with E-state index in [-0.39, 0.29) is 6.61 Å². The van der Waals surface area contributed by atoms with Crippen molar-refractivity contribution in [3.8, 4) is 0 Å². The van der Waals surface area contributed by atoms with Crippen molar-refractivity contribution in [1.82, 2.24) is 5.32 Å². The van der Waals surface area contributed by atoms with Gasteiger partial charge < -0.3 is 29.0 Å². The molecule has 0 saturated carbocycles. The molecule has 0 saturated heterocycles. The van der Waals surface area contributed by atoms with Crippen LogP contribution < -0.4 is 5.32 Å². The summed E-state index contributed by atoms with van der Waals surface area (Å²) in [5.74, 6) is 0. The van der Waals surface area contributed by atoms with Crippen LogP contribution in [0.1, 0.15) is 20.8 Å². The van der Waals surface area contributed by atoms with E-state index >= 15 is 0 Å². The van der Waals surface area contributed by atoms with Crippen LogP contribution >= 0.6 is 11.6 Å². The number of carbonyl (C=O) groups excluding carboxylic acids is 2. The zero-order valence-electron chi connectivity index (χ0n) is 14.6. The molecule has 0 atom stereocenters. The van der Waals surface area contributed by atoms with Gasteiger partial charge in [0.15, 0.2) is 0 Å². The molecular weight excluding hydrogens is 342 g/mol. The standard InChI is InChI=1S/C15H28ClNO7/c1-15(2,3)24-14(19)17-4-5-20-6-7-21-8-9-22-10-11-23-12-13(16)18/h4-12H2,1-3H3,(H,17,19). The lowest BCUT2D eigenvalue weighted by Gasteiger charge is -2.19. The first-order valence-electron chi connectivity index (χ1n) is 7.77. The number of ether oxygens (including phenoxy) is 5. The highest BCUT2D eigenvalue weighted by Crippen LogP contribution is 2.05. The summed E-state index contributed by atoms with van der Waals surface area (Å²) in [6, 6.07) is 0. The van der Waals surface area contributed by atoms with Crippen molar-refractivity contribution in [1.29, 1.82) is 0 Å². The van der Waals surface area contributed by atoms with Crippen LogP contribution in [0.5, 0.6) is 0 Å². The zero-order chi connectivity index (χ0) is 18.3. The lowest BCUT2D eigenvalue weighted by atomic mass is 10.2. The normalized spacial score (nSPS) is 11.3. The van der Waals surface area contributed by atoms with Crippen LogP contribution in [0.15, 0.2) is 0 Å². The number of carbonyl (C=O) groups is 2. The van der Waals surface area contributed by atoms with E-state index in [4.69, 9.17) is 35.3 Å². The van der Waals surface area contributed by atoms with E-state index in [1.54, 1.807) is 20.8 Å². The van der Waals surface area contributed by atoms with Gasteiger partial charge in [-0.15, -0.1) is 0 Å². The number of rotatable bonds is 14. The third-order valence-corrected chi connectivity index (χ3v) is 2.36. The number of hydrogen-bond acceptors (Lipinski definition) is 7. The quantitative estimate of drug-likeness (QED) is 0.365. The van der Waals surface area contributed by atoms with Crippen LogP contribution in [-0.4, -0.2) is 76.3 Å². The summed E-state index contributed by atoms with van der Waals surface area (Å²) in [5.41, 5.74) is -0.505. The van der Waals surface area contributed by atoms with Gasteiger partial charge in [-0.3, -0.25) is 4.79 Å². The highest BCUT2D eigenvalue weighted by atomic mass is 35.5. The second-order valence-electron chi connectivity index (χ2n) is 5.67. The number of hydrogen-bond donors (Lipinski definition) is 1. The van der Waals surface area contributed by atoms with Gasteiger partial charge in [0.1, 0.15) is 12.2 Å². The fraction of sp³-hybridized carbons (Fsp3) is 0.867. The fourth-order valence-electron chi connectivity index (χ4n) is 1.35. The topological polar surface area (TPSA) is 92.3 Å². The lowest BCUT2D eigenvalue weighted by Crippen LogP contribution is -2.34. The smallest absolute Gasteiger partial charge is 0.407 e. The molecule has 0 aromatic rings. The van der Waals surface area contributed by atoms with E-state index in [9.17, 15) is 9.59 Å². The maximum Gasteiger partial charge on any atom is 0.407 e. The Morgan fingerprint density at radius 1 is 0.833 bits per heavy atom. The Balaban J connectivity index is 3.18. The number of amides is 1. The van der Waals surface area contributed by atoms with Gasteiger partial charge in [-0.1, -0.05) is 0 Å². The molecule has 0 radical (unpaired) electrons. The highest BCUT2D eigenvalue weighted by Gasteiger charge is 2.15. The van der Waals surface area contributed by atoms with Gasteiger partial charge in [0.05, 0.1) is 46.2 Å². The molecule has 0 aliphatic heterocycles. The maximum absolute atomic E-state index is 11.3. The highest BCUT2D eigenvalue weighted by molar-refractivity contribution is 6.63. The molecular formula is C15H28ClNO7. The number of nitrogens with one attached hydrogen (secondary N) is 1. The summed E-state index contributed by atoms with van der Waals surface area (Å²) in [6.45, 7) is 8.48. The van der Waals surface area contributed by atoms with Gasteiger partial charge in [0, 0.05) is 6.54 Å². The second kappa shape index (κ2) is 14.4. The number of alkyl carbamates (subject to hydrolysis) is 1. The minimum absolute atomic E-state index is 0.110. The lowest BCUT2D eigenvalue weighted by molar-refractivity contribution is -0.116. The molecule has 0 aliphatic carbocycles. The van der Waals surface area contributed by atoms with Gasteiger partial charge in [-0.25, -0.2) is 4.79 Å². The predicted molar refractivity (Wildman–Crippen MR) is 88.4 cm³/mol. The van der Waals surface area contributed by atoms with Crippen LogP contribution in [0.2, 0.25) is 0 Å². The first-order valence-corrected chi connectivity index (χ1v) is 8.15. The summed E-state index contributed by atoms with van der Waals surface area (Å²) < 4.78 is 25.8. The van der Waals surface area contributed by atoms with Crippen LogP contribution in [0, 0.1) is 0 Å². The molecule has 1 amide bonds. The molecule has 0 spiro atoms. The Labute approximate surface area is 148 Å². The third kappa shape index (κ3) is 19.1. The van der Waals surface area contributed by atoms with Gasteiger partial charge >= 0.3 is 6.09 Å². The molecule has 9 heteroatoms. The van der Waals surface area contributed by atoms with Crippen molar-refractivity contribution >= 4 is 22.9 Å². The summed E-state index contributed by atoms with van der Waals surface area (Å²) in [5, 5.41) is 2.07. The molecule has 0 aliphatic rings. The molecule has 0 unspecified atom stereocenters. The van der Waals surface area contributed by atoms with E-state index in [2.05, 4.69) is 5.32 Å². The summed E-state index contributed by atoms with van der Waals surface area (Å²) in [4.78, 5) is 21.7. The van der Waals surface area contributed by atoms with Gasteiger partial charge in [-0.2, -0.15) is 0 Å². The molecule has 0 fully saturated rings. The number of halogens is 1. The molecule has 142 valence electrons. The van der Waals surface area contributed by atoms with Gasteiger partial charge in [0.2, 0.25) is 5.24 Å². The summed E-state index contributed by atoms with van der Waals surface area (Å²) in [7, 11) is 0. The van der Waals surface area contributed by atoms with Crippen molar-refractivity contribution in [3.63, 3.8) is 0 Å². The Morgan fingerprint density at radius 2 is 1.29 bits per heavy atom. The minimum Gasteiger partial charge on any atom is -0.444 e. The maximum atomic E-state index is 11.3. The summed E-state index contributed by atoms with van der Waals surface area (Å²) >= 11 is 5.10. The summed E-state index contributed by atoms with van der Waals surface area (Å²) in [6.07, 6.45) is -0.459. The molecule has 0 aromatic carbocycles. The van der Waals surface area contributed by atoms with Crippen molar-refractivity contribution in [3.05, 3.63) is 0 Å². The van der Waals surface area contributed by atoms with Gasteiger partial charge in [0.25, 0.3) is 0 Å². The SMILES string of the molecule is CC(C)(C)OC(=O)NCCOCCOCCOCCOCC(=O)Cl. The van der Waals surface area contributed by atoms with Crippen molar-refractivity contribution < 1.29 is 33.3 Å². The Bertz CT molecular complexity index is 347. The molecule has 8 nitrogen and oxygen atoms in total. The molecule has 0 aromatic heterocycles. The average molecular weight is 370 g/mol. The fourth-order valence-corrected chi connectivity index (χ4v) is 1.43. The molecule has 24 heavy (non-hydrogen) atoms. The first kappa shape index (κ1) is 23.1. The monoisotopic (exact) mass is 369 g/mol. The Kier molecular flexibility index (Phi) is 13.9. The Morgan fingerprint density at radius 3 is 1.75 bits per heavy atom. The van der Waals surface area contributed by atoms with Crippen LogP contribution in [0.4, 0.5) is 4.79 Å². The first-order chi connectivity index (χ1) is 11.3. The van der Waals surface area contributed by atoms with E-state index in [0.29, 0.717) is 52.8 Å². The molecule has 0 heterocycles. The van der Waals surface area contributed by atoms with Crippen LogP contribution in [0.25, 0.3) is 0 Å². The average Bonchev–Trinajstić information content (AvgIpc) is 2.45. The van der Waals surface area contributed by atoms with Gasteiger partial charge in [-0.05, 0) is 32.4 Å². The minimum atomic E-state index is -0.528. The van der Waals surface area contributed by atoms with Crippen molar-refractivity contribution in [2.45, 2.75) is 26.4 Å². The zero-order valence-corrected chi connectivity index (χ0v) is 15.4. The van der Waals surface area contributed by atoms with Crippen molar-refractivity contribution in [2.24, 2.45) is 0 Å². The van der Waals surface area contributed by atoms with E-state index < -0.39 is 16.9 Å². The molecule has 1 N–H and O–H groups in total. The molecule has 0 rings (SSSR count). The van der Waals surface area contributed by atoms with Crippen LogP contribution in [0.3, 0.4) is 0 Å². The largest absolute Gasteiger partial charge is 0.444 e.